The fourth-order valence-corrected chi connectivity index (χ4v) is 11.7. The molecule has 3 saturated heterocycles. The van der Waals surface area contributed by atoms with Crippen molar-refractivity contribution in [2.45, 2.75) is 343 Å². The monoisotopic (exact) mass is 1330 g/mol. The standard InChI is InChI=1S/C75H129NO18/c1-3-5-7-9-11-13-15-17-19-21-23-25-27-28-29-31-32-34-36-38-40-42-44-46-48-50-52-59(80)58(76-63(81)53-51-49-47-45-43-41-39-37-35-33-30-26-24-22-20-18-16-14-12-10-8-6-4-2)57-89-73-69(87)66(84)71(61(55-78)91-73)94-75-70(88)67(85)72(62(56-79)92-75)93-74-68(86)65(83)64(82)60(54-77)90-74/h6,8,12,14,18,20,24,26,33,35,39,41-42,44,50,52,58-62,64-75,77-80,82-88H,3-5,7,9-11,13,15-17,19,21-23,25,27-32,34,36-38,40,43,45-49,51,53-57H2,1-2H3,(H,76,81)/b8-6-,14-12-,20-18-,26-24-,35-33-,41-39-,44-42+,52-50+. The van der Waals surface area contributed by atoms with Crippen molar-refractivity contribution in [3.63, 3.8) is 0 Å². The lowest BCUT2D eigenvalue weighted by Crippen LogP contribution is -2.66. The summed E-state index contributed by atoms with van der Waals surface area (Å²) in [6.07, 6.45) is 46.7. The highest BCUT2D eigenvalue weighted by molar-refractivity contribution is 5.76. The molecule has 0 saturated carbocycles. The first-order chi connectivity index (χ1) is 45.8. The molecule has 17 atom stereocenters. The number of amides is 1. The van der Waals surface area contributed by atoms with Crippen LogP contribution in [0, 0.1) is 0 Å². The second kappa shape index (κ2) is 55.6. The number of hydrogen-bond donors (Lipinski definition) is 12. The first-order valence-corrected chi connectivity index (χ1v) is 36.5. The number of nitrogens with one attached hydrogen (secondary N) is 1. The maximum atomic E-state index is 13.4. The third-order valence-corrected chi connectivity index (χ3v) is 17.6. The number of allylic oxidation sites excluding steroid dienone is 15. The fourth-order valence-electron chi connectivity index (χ4n) is 11.7. The van der Waals surface area contributed by atoms with Gasteiger partial charge in [0.15, 0.2) is 18.9 Å². The van der Waals surface area contributed by atoms with Gasteiger partial charge in [-0.2, -0.15) is 0 Å². The van der Waals surface area contributed by atoms with E-state index in [2.05, 4.69) is 104 Å². The number of hydrogen-bond acceptors (Lipinski definition) is 18. The molecule has 0 aromatic heterocycles. The molecule has 3 fully saturated rings. The van der Waals surface area contributed by atoms with E-state index in [1.54, 1.807) is 6.08 Å². The molecule has 0 bridgehead atoms. The smallest absolute Gasteiger partial charge is 0.220 e. The van der Waals surface area contributed by atoms with Crippen LogP contribution in [-0.4, -0.2) is 193 Å². The summed E-state index contributed by atoms with van der Waals surface area (Å²) in [7, 11) is 0. The molecule has 3 aliphatic rings. The van der Waals surface area contributed by atoms with Gasteiger partial charge in [-0.3, -0.25) is 4.79 Å². The minimum Gasteiger partial charge on any atom is -0.394 e. The molecule has 3 aliphatic heterocycles. The average molecular weight is 1330 g/mol. The molecule has 0 radical (unpaired) electrons. The number of rotatable bonds is 55. The zero-order valence-corrected chi connectivity index (χ0v) is 57.4. The van der Waals surface area contributed by atoms with E-state index in [9.17, 15) is 61.0 Å². The van der Waals surface area contributed by atoms with Gasteiger partial charge in [0.2, 0.25) is 5.91 Å². The largest absolute Gasteiger partial charge is 0.394 e. The topological polar surface area (TPSA) is 307 Å². The molecule has 17 unspecified atom stereocenters. The third kappa shape index (κ3) is 36.5. The molecule has 0 spiro atoms. The summed E-state index contributed by atoms with van der Waals surface area (Å²) >= 11 is 0. The van der Waals surface area contributed by atoms with Gasteiger partial charge in [-0.15, -0.1) is 0 Å². The van der Waals surface area contributed by atoms with E-state index in [1.807, 2.05) is 6.08 Å². The van der Waals surface area contributed by atoms with Gasteiger partial charge in [-0.1, -0.05) is 246 Å². The zero-order valence-electron chi connectivity index (χ0n) is 57.4. The van der Waals surface area contributed by atoms with E-state index in [1.165, 1.54) is 122 Å². The Morgan fingerprint density at radius 2 is 0.745 bits per heavy atom. The predicted octanol–water partition coefficient (Wildman–Crippen LogP) is 10.4. The van der Waals surface area contributed by atoms with E-state index in [0.717, 1.165) is 83.5 Å². The van der Waals surface area contributed by atoms with Gasteiger partial charge >= 0.3 is 0 Å². The number of aliphatic hydroxyl groups excluding tert-OH is 11. The molecule has 3 heterocycles. The lowest BCUT2D eigenvalue weighted by Gasteiger charge is -2.48. The summed E-state index contributed by atoms with van der Waals surface area (Å²) in [4.78, 5) is 13.4. The minimum atomic E-state index is -1.99. The molecule has 19 nitrogen and oxygen atoms in total. The molecule has 12 N–H and O–H groups in total. The van der Waals surface area contributed by atoms with Gasteiger partial charge in [0.25, 0.3) is 0 Å². The Balaban J connectivity index is 1.45. The Kier molecular flexibility index (Phi) is 50.2. The first-order valence-electron chi connectivity index (χ1n) is 36.5. The van der Waals surface area contributed by atoms with Crippen molar-refractivity contribution in [1.29, 1.82) is 0 Å². The van der Waals surface area contributed by atoms with Crippen molar-refractivity contribution in [3.8, 4) is 0 Å². The molecule has 0 aromatic carbocycles. The van der Waals surface area contributed by atoms with Crippen LogP contribution in [0.15, 0.2) is 97.2 Å². The Morgan fingerprint density at radius 3 is 1.19 bits per heavy atom. The maximum absolute atomic E-state index is 13.4. The SMILES string of the molecule is CC/C=C\C/C=C\C/C=C\C/C=C\C/C=C\C/C=C\CCCCCCC(=O)NC(COC1OC(CO)C(OC2OC(CO)C(OC3OC(CO)C(O)C(O)C3O)C(O)C2O)C(O)C1O)C(O)/C=C/CC/C=C/CCCCCCCCCCCCCCCCCCCCCC. The van der Waals surface area contributed by atoms with Gasteiger partial charge in [0, 0.05) is 6.42 Å². The second-order valence-electron chi connectivity index (χ2n) is 25.7. The number of carbonyl (C=O) groups excluding carboxylic acids is 1. The van der Waals surface area contributed by atoms with Crippen molar-refractivity contribution in [1.82, 2.24) is 5.32 Å². The fraction of sp³-hybridized carbons (Fsp3) is 0.773. The van der Waals surface area contributed by atoms with Crippen LogP contribution < -0.4 is 5.32 Å². The summed E-state index contributed by atoms with van der Waals surface area (Å²) in [6.45, 7) is 1.59. The summed E-state index contributed by atoms with van der Waals surface area (Å²) in [5.41, 5.74) is 0. The van der Waals surface area contributed by atoms with E-state index < -0.39 is 124 Å². The summed E-state index contributed by atoms with van der Waals surface area (Å²) < 4.78 is 34.3. The van der Waals surface area contributed by atoms with Crippen molar-refractivity contribution < 1.29 is 89.4 Å². The predicted molar refractivity (Wildman–Crippen MR) is 369 cm³/mol. The average Bonchev–Trinajstić information content (AvgIpc) is 0.787. The Morgan fingerprint density at radius 1 is 0.394 bits per heavy atom. The Labute approximate surface area is 564 Å². The molecule has 542 valence electrons. The lowest BCUT2D eigenvalue weighted by molar-refractivity contribution is -0.379. The molecule has 3 rings (SSSR count). The molecule has 0 aromatic rings. The molecule has 0 aliphatic carbocycles. The summed E-state index contributed by atoms with van der Waals surface area (Å²) in [5, 5.41) is 121. The van der Waals surface area contributed by atoms with Crippen LogP contribution >= 0.6 is 0 Å². The molecule has 94 heavy (non-hydrogen) atoms. The normalized spacial score (nSPS) is 27.9. The van der Waals surface area contributed by atoms with E-state index in [4.69, 9.17) is 28.4 Å². The Hall–Kier alpha value is -3.29. The van der Waals surface area contributed by atoms with Gasteiger partial charge in [-0.25, -0.2) is 0 Å². The van der Waals surface area contributed by atoms with Gasteiger partial charge in [0.1, 0.15) is 73.2 Å². The van der Waals surface area contributed by atoms with E-state index in [-0.39, 0.29) is 18.9 Å². The van der Waals surface area contributed by atoms with Crippen molar-refractivity contribution in [3.05, 3.63) is 97.2 Å². The zero-order chi connectivity index (χ0) is 68.2. The van der Waals surface area contributed by atoms with Crippen molar-refractivity contribution in [2.24, 2.45) is 0 Å². The Bertz CT molecular complexity index is 2080. The van der Waals surface area contributed by atoms with Crippen LogP contribution in [0.25, 0.3) is 0 Å². The minimum absolute atomic E-state index is 0.200. The molecule has 1 amide bonds. The van der Waals surface area contributed by atoms with Gasteiger partial charge < -0.3 is 89.9 Å². The van der Waals surface area contributed by atoms with Crippen LogP contribution in [0.1, 0.15) is 239 Å². The van der Waals surface area contributed by atoms with Gasteiger partial charge in [0.05, 0.1) is 38.6 Å². The lowest BCUT2D eigenvalue weighted by atomic mass is 9.96. The molecular formula is C75H129NO18. The van der Waals surface area contributed by atoms with E-state index in [0.29, 0.717) is 12.8 Å². The van der Waals surface area contributed by atoms with Crippen molar-refractivity contribution in [2.75, 3.05) is 26.4 Å². The number of ether oxygens (including phenoxy) is 6. The van der Waals surface area contributed by atoms with Crippen LogP contribution in [-0.2, 0) is 33.2 Å². The van der Waals surface area contributed by atoms with Crippen LogP contribution in [0.2, 0.25) is 0 Å². The number of aliphatic hydroxyl groups is 11. The maximum Gasteiger partial charge on any atom is 0.220 e. The van der Waals surface area contributed by atoms with Crippen LogP contribution in [0.5, 0.6) is 0 Å². The second-order valence-corrected chi connectivity index (χ2v) is 25.7. The van der Waals surface area contributed by atoms with Gasteiger partial charge in [-0.05, 0) is 83.5 Å². The first kappa shape index (κ1) is 84.9. The summed E-state index contributed by atoms with van der Waals surface area (Å²) in [6, 6.07) is -1.01. The van der Waals surface area contributed by atoms with Crippen LogP contribution in [0.4, 0.5) is 0 Å². The number of carbonyl (C=O) groups is 1. The molecule has 19 heteroatoms. The number of unbranched alkanes of at least 4 members (excludes halogenated alkanes) is 25. The quantitative estimate of drug-likeness (QED) is 0.0199. The highest BCUT2D eigenvalue weighted by Gasteiger charge is 2.53. The highest BCUT2D eigenvalue weighted by atomic mass is 16.8. The third-order valence-electron chi connectivity index (χ3n) is 17.6. The van der Waals surface area contributed by atoms with Crippen molar-refractivity contribution >= 4 is 5.91 Å². The highest BCUT2D eigenvalue weighted by Crippen LogP contribution is 2.33. The summed E-state index contributed by atoms with van der Waals surface area (Å²) in [5.74, 6) is -0.312. The van der Waals surface area contributed by atoms with Crippen LogP contribution in [0.3, 0.4) is 0 Å². The van der Waals surface area contributed by atoms with E-state index >= 15 is 0 Å². The molecular weight excluding hydrogens is 1200 g/mol.